The van der Waals surface area contributed by atoms with E-state index in [2.05, 4.69) is 44.5 Å². The number of benzene rings is 1. The third-order valence-electron chi connectivity index (χ3n) is 4.47. The van der Waals surface area contributed by atoms with Crippen LogP contribution in [0.5, 0.6) is 5.75 Å². The van der Waals surface area contributed by atoms with E-state index in [0.29, 0.717) is 0 Å². The number of rotatable bonds is 6. The van der Waals surface area contributed by atoms with Gasteiger partial charge in [-0.15, -0.1) is 5.10 Å². The maximum atomic E-state index is 5.25. The van der Waals surface area contributed by atoms with Crippen molar-refractivity contribution in [1.82, 2.24) is 15.2 Å². The van der Waals surface area contributed by atoms with Gasteiger partial charge in [0.1, 0.15) is 5.75 Å². The lowest BCUT2D eigenvalue weighted by atomic mass is 10.00. The van der Waals surface area contributed by atoms with Crippen molar-refractivity contribution >= 4 is 11.8 Å². The Hall–Kier alpha value is -2.37. The normalized spacial score (nSPS) is 15.3. The molecule has 1 aliphatic rings. The molecule has 0 bridgehead atoms. The van der Waals surface area contributed by atoms with E-state index in [4.69, 9.17) is 4.74 Å². The number of nitrogens with zero attached hydrogens (tertiary/aromatic N) is 4. The smallest absolute Gasteiger partial charge is 0.247 e. The second kappa shape index (κ2) is 7.95. The minimum atomic E-state index is 0.730. The van der Waals surface area contributed by atoms with Crippen molar-refractivity contribution in [3.8, 4) is 5.75 Å². The Labute approximate surface area is 143 Å². The molecule has 0 spiro atoms. The molecule has 0 aliphatic carbocycles. The highest BCUT2D eigenvalue weighted by molar-refractivity contribution is 5.39. The van der Waals surface area contributed by atoms with E-state index in [-0.39, 0.29) is 0 Å². The molecule has 0 unspecified atom stereocenters. The van der Waals surface area contributed by atoms with Crippen LogP contribution in [0.4, 0.5) is 11.8 Å². The van der Waals surface area contributed by atoms with Gasteiger partial charge in [0.25, 0.3) is 0 Å². The predicted molar refractivity (Wildman–Crippen MR) is 95.6 cm³/mol. The first kappa shape index (κ1) is 16.5. The van der Waals surface area contributed by atoms with Crippen LogP contribution < -0.4 is 15.0 Å². The highest BCUT2D eigenvalue weighted by Gasteiger charge is 2.18. The molecular weight excluding hydrogens is 302 g/mol. The maximum absolute atomic E-state index is 5.25. The highest BCUT2D eigenvalue weighted by Crippen LogP contribution is 2.20. The van der Waals surface area contributed by atoms with Crippen molar-refractivity contribution in [3.63, 3.8) is 0 Å². The van der Waals surface area contributed by atoms with Crippen LogP contribution in [0, 0.1) is 5.92 Å². The molecule has 6 nitrogen and oxygen atoms in total. The number of anilines is 2. The van der Waals surface area contributed by atoms with E-state index < -0.39 is 0 Å². The molecule has 1 aliphatic heterocycles. The SMILES string of the molecule is COc1cccc(CCNc2cnnc(N3CCC(C)CC3)n2)c1. The highest BCUT2D eigenvalue weighted by atomic mass is 16.5. The Bertz CT molecular complexity index is 655. The average Bonchev–Trinajstić information content (AvgIpc) is 2.63. The van der Waals surface area contributed by atoms with Gasteiger partial charge in [-0.1, -0.05) is 19.1 Å². The monoisotopic (exact) mass is 327 g/mol. The summed E-state index contributed by atoms with van der Waals surface area (Å²) in [5.41, 5.74) is 1.23. The number of ether oxygens (including phenoxy) is 1. The van der Waals surface area contributed by atoms with E-state index >= 15 is 0 Å². The van der Waals surface area contributed by atoms with Gasteiger partial charge in [0.2, 0.25) is 5.95 Å². The first-order valence-electron chi connectivity index (χ1n) is 8.56. The fraction of sp³-hybridized carbons (Fsp3) is 0.500. The summed E-state index contributed by atoms with van der Waals surface area (Å²) in [6.45, 7) is 5.11. The fourth-order valence-electron chi connectivity index (χ4n) is 2.88. The summed E-state index contributed by atoms with van der Waals surface area (Å²) >= 11 is 0. The van der Waals surface area contributed by atoms with Crippen LogP contribution in [0.15, 0.2) is 30.5 Å². The molecule has 1 fully saturated rings. The minimum Gasteiger partial charge on any atom is -0.497 e. The van der Waals surface area contributed by atoms with Gasteiger partial charge in [0.05, 0.1) is 13.3 Å². The topological polar surface area (TPSA) is 63.2 Å². The molecule has 128 valence electrons. The number of aromatic nitrogens is 3. The second-order valence-electron chi connectivity index (χ2n) is 6.34. The zero-order valence-corrected chi connectivity index (χ0v) is 14.4. The lowest BCUT2D eigenvalue weighted by Crippen LogP contribution is -2.34. The van der Waals surface area contributed by atoms with Gasteiger partial charge in [0.15, 0.2) is 5.82 Å². The number of hydrogen-bond donors (Lipinski definition) is 1. The van der Waals surface area contributed by atoms with Gasteiger partial charge in [-0.3, -0.25) is 0 Å². The summed E-state index contributed by atoms with van der Waals surface area (Å²) in [6, 6.07) is 8.12. The zero-order valence-electron chi connectivity index (χ0n) is 14.4. The Balaban J connectivity index is 1.54. The van der Waals surface area contributed by atoms with Gasteiger partial charge < -0.3 is 15.0 Å². The van der Waals surface area contributed by atoms with Crippen molar-refractivity contribution in [2.24, 2.45) is 5.92 Å². The molecule has 2 heterocycles. The summed E-state index contributed by atoms with van der Waals surface area (Å²) in [7, 11) is 1.69. The predicted octanol–water partition coefficient (Wildman–Crippen LogP) is 2.77. The third-order valence-corrected chi connectivity index (χ3v) is 4.47. The molecule has 3 rings (SSSR count). The van der Waals surface area contributed by atoms with Gasteiger partial charge >= 0.3 is 0 Å². The first-order chi connectivity index (χ1) is 11.7. The van der Waals surface area contributed by atoms with Crippen molar-refractivity contribution in [2.75, 3.05) is 37.0 Å². The number of hydrogen-bond acceptors (Lipinski definition) is 6. The first-order valence-corrected chi connectivity index (χ1v) is 8.56. The van der Waals surface area contributed by atoms with Crippen LogP contribution in [-0.2, 0) is 6.42 Å². The van der Waals surface area contributed by atoms with Gasteiger partial charge in [0, 0.05) is 19.6 Å². The standard InChI is InChI=1S/C18H25N5O/c1-14-7-10-23(11-8-14)18-21-17(13-20-22-18)19-9-6-15-4-3-5-16(12-15)24-2/h3-5,12-14H,6-11H2,1-2H3,(H,19,21,22). The molecular formula is C18H25N5O. The van der Waals surface area contributed by atoms with Crippen molar-refractivity contribution < 1.29 is 4.74 Å². The van der Waals surface area contributed by atoms with E-state index in [0.717, 1.165) is 49.5 Å². The van der Waals surface area contributed by atoms with E-state index in [9.17, 15) is 0 Å². The summed E-state index contributed by atoms with van der Waals surface area (Å²) in [5.74, 6) is 3.19. The van der Waals surface area contributed by atoms with Crippen molar-refractivity contribution in [2.45, 2.75) is 26.2 Å². The van der Waals surface area contributed by atoms with E-state index in [1.165, 1.54) is 18.4 Å². The quantitative estimate of drug-likeness (QED) is 0.880. The number of methoxy groups -OCH3 is 1. The number of piperidine rings is 1. The van der Waals surface area contributed by atoms with Crippen LogP contribution in [0.2, 0.25) is 0 Å². The summed E-state index contributed by atoms with van der Waals surface area (Å²) < 4.78 is 5.25. The van der Waals surface area contributed by atoms with Crippen LogP contribution in [0.1, 0.15) is 25.3 Å². The largest absolute Gasteiger partial charge is 0.497 e. The molecule has 1 N–H and O–H groups in total. The molecule has 0 radical (unpaired) electrons. The maximum Gasteiger partial charge on any atom is 0.247 e. The molecule has 24 heavy (non-hydrogen) atoms. The Kier molecular flexibility index (Phi) is 5.46. The van der Waals surface area contributed by atoms with Crippen LogP contribution in [0.3, 0.4) is 0 Å². The van der Waals surface area contributed by atoms with Gasteiger partial charge in [-0.2, -0.15) is 10.1 Å². The zero-order chi connectivity index (χ0) is 16.8. The third kappa shape index (κ3) is 4.34. The van der Waals surface area contributed by atoms with Crippen molar-refractivity contribution in [1.29, 1.82) is 0 Å². The molecule has 0 amide bonds. The van der Waals surface area contributed by atoms with E-state index in [1.54, 1.807) is 13.3 Å². The number of nitrogens with one attached hydrogen (secondary N) is 1. The lowest BCUT2D eigenvalue weighted by Gasteiger charge is -2.29. The molecule has 1 saturated heterocycles. The summed E-state index contributed by atoms with van der Waals surface area (Å²) in [4.78, 5) is 6.83. The average molecular weight is 327 g/mol. The molecule has 2 aromatic rings. The van der Waals surface area contributed by atoms with Crippen LogP contribution >= 0.6 is 0 Å². The van der Waals surface area contributed by atoms with Crippen LogP contribution in [-0.4, -0.2) is 41.9 Å². The van der Waals surface area contributed by atoms with Crippen LogP contribution in [0.25, 0.3) is 0 Å². The lowest BCUT2D eigenvalue weighted by molar-refractivity contribution is 0.414. The Morgan fingerprint density at radius 2 is 2.12 bits per heavy atom. The van der Waals surface area contributed by atoms with Gasteiger partial charge in [-0.05, 0) is 42.9 Å². The Morgan fingerprint density at radius 3 is 2.92 bits per heavy atom. The molecule has 1 aromatic heterocycles. The minimum absolute atomic E-state index is 0.730. The molecule has 0 atom stereocenters. The Morgan fingerprint density at radius 1 is 1.29 bits per heavy atom. The second-order valence-corrected chi connectivity index (χ2v) is 6.34. The van der Waals surface area contributed by atoms with Crippen molar-refractivity contribution in [3.05, 3.63) is 36.0 Å². The van der Waals surface area contributed by atoms with Gasteiger partial charge in [-0.25, -0.2) is 0 Å². The molecule has 6 heteroatoms. The summed E-state index contributed by atoms with van der Waals surface area (Å²) in [5, 5.41) is 11.6. The van der Waals surface area contributed by atoms with E-state index in [1.807, 2.05) is 12.1 Å². The fourth-order valence-corrected chi connectivity index (χ4v) is 2.88. The summed E-state index contributed by atoms with van der Waals surface area (Å²) in [6.07, 6.45) is 4.97. The molecule has 1 aromatic carbocycles. The molecule has 0 saturated carbocycles.